The summed E-state index contributed by atoms with van der Waals surface area (Å²) >= 11 is 0. The number of hydrogen-bond acceptors (Lipinski definition) is 7. The molecular formula is C17H22N8. The molecule has 0 saturated heterocycles. The van der Waals surface area contributed by atoms with E-state index in [9.17, 15) is 0 Å². The zero-order valence-corrected chi connectivity index (χ0v) is 13.9. The summed E-state index contributed by atoms with van der Waals surface area (Å²) in [6, 6.07) is 15.2. The molecule has 130 valence electrons. The van der Waals surface area contributed by atoms with E-state index >= 15 is 0 Å². The molecule has 0 aliphatic heterocycles. The molecule has 8 heteroatoms. The van der Waals surface area contributed by atoms with Crippen molar-refractivity contribution < 1.29 is 0 Å². The number of anilines is 2. The molecule has 0 radical (unpaired) electrons. The van der Waals surface area contributed by atoms with Crippen LogP contribution in [0.4, 0.5) is 11.9 Å². The van der Waals surface area contributed by atoms with Crippen LogP contribution in [0.1, 0.15) is 0 Å². The Morgan fingerprint density at radius 3 is 1.84 bits per heavy atom. The lowest BCUT2D eigenvalue weighted by Crippen LogP contribution is -1.90. The number of nitrogens with zero attached hydrogens (tertiary/aromatic N) is 4. The lowest BCUT2D eigenvalue weighted by molar-refractivity contribution is 1.19. The average molecular weight is 338 g/mol. The second-order valence-electron chi connectivity index (χ2n) is 4.27. The maximum absolute atomic E-state index is 5.42. The van der Waals surface area contributed by atoms with Crippen LogP contribution in [0, 0.1) is 0 Å². The van der Waals surface area contributed by atoms with Crippen molar-refractivity contribution in [3.63, 3.8) is 0 Å². The Morgan fingerprint density at radius 2 is 1.40 bits per heavy atom. The molecule has 1 aromatic carbocycles. The maximum atomic E-state index is 5.42. The van der Waals surface area contributed by atoms with Gasteiger partial charge in [0.1, 0.15) is 0 Å². The summed E-state index contributed by atoms with van der Waals surface area (Å²) in [4.78, 5) is 18.0. The fourth-order valence-corrected chi connectivity index (χ4v) is 1.60. The molecule has 0 amide bonds. The Bertz CT molecular complexity index is 743. The second-order valence-corrected chi connectivity index (χ2v) is 4.27. The lowest BCUT2D eigenvalue weighted by atomic mass is 10.3. The first kappa shape index (κ1) is 19.5. The average Bonchev–Trinajstić information content (AvgIpc) is 3.06. The van der Waals surface area contributed by atoms with E-state index in [1.165, 1.54) is 7.05 Å². The first-order valence-electron chi connectivity index (χ1n) is 7.41. The van der Waals surface area contributed by atoms with Gasteiger partial charge >= 0.3 is 0 Å². The van der Waals surface area contributed by atoms with Crippen LogP contribution in [0.2, 0.25) is 0 Å². The van der Waals surface area contributed by atoms with E-state index in [0.717, 1.165) is 11.0 Å². The lowest BCUT2D eigenvalue weighted by Gasteiger charge is -1.82. The van der Waals surface area contributed by atoms with Crippen molar-refractivity contribution >= 4 is 22.9 Å². The number of pyridine rings is 1. The highest BCUT2D eigenvalue weighted by Crippen LogP contribution is 2.10. The number of H-pyrrole nitrogens is 1. The molecule has 0 fully saturated rings. The predicted octanol–water partition coefficient (Wildman–Crippen LogP) is 1.86. The summed E-state index contributed by atoms with van der Waals surface area (Å²) in [7, 11) is 1.50. The Labute approximate surface area is 146 Å². The molecule has 7 N–H and O–H groups in total. The third kappa shape index (κ3) is 8.05. The van der Waals surface area contributed by atoms with Crippen LogP contribution in [-0.2, 0) is 0 Å². The summed E-state index contributed by atoms with van der Waals surface area (Å²) in [5, 5.41) is 0. The number of hydrogen-bond donors (Lipinski definition) is 4. The molecule has 0 bridgehead atoms. The Hall–Kier alpha value is -3.52. The van der Waals surface area contributed by atoms with Crippen molar-refractivity contribution in [3.8, 4) is 0 Å². The van der Waals surface area contributed by atoms with Gasteiger partial charge in [0, 0.05) is 24.8 Å². The number of benzene rings is 1. The fraction of sp³-hybridized carbons (Fsp3) is 0.0588. The van der Waals surface area contributed by atoms with E-state index in [1.54, 1.807) is 30.9 Å². The van der Waals surface area contributed by atoms with E-state index in [0.29, 0.717) is 11.9 Å². The first-order chi connectivity index (χ1) is 12.3. The molecule has 8 nitrogen and oxygen atoms in total. The molecule has 0 atom stereocenters. The third-order valence-electron chi connectivity index (χ3n) is 2.56. The number of aromatic amines is 1. The zero-order chi connectivity index (χ0) is 18.3. The van der Waals surface area contributed by atoms with Crippen LogP contribution in [0.5, 0.6) is 0 Å². The predicted molar refractivity (Wildman–Crippen MR) is 101 cm³/mol. The summed E-state index contributed by atoms with van der Waals surface area (Å²) in [6.07, 6.45) is 6.70. The van der Waals surface area contributed by atoms with Gasteiger partial charge in [-0.15, -0.1) is 0 Å². The number of nitrogens with two attached hydrogens (primary N) is 3. The van der Waals surface area contributed by atoms with Crippen LogP contribution < -0.4 is 17.2 Å². The molecule has 25 heavy (non-hydrogen) atoms. The van der Waals surface area contributed by atoms with Crippen molar-refractivity contribution in [1.82, 2.24) is 24.9 Å². The number of nitrogen functional groups attached to an aromatic ring is 2. The minimum absolute atomic E-state index is 0.322. The minimum Gasteiger partial charge on any atom is -0.369 e. The van der Waals surface area contributed by atoms with Crippen LogP contribution in [0.15, 0.2) is 73.3 Å². The van der Waals surface area contributed by atoms with Crippen LogP contribution >= 0.6 is 0 Å². The SMILES string of the molecule is CN.Nc1nc2ccccc2[nH]1.Nc1ncccn1.c1ccncc1. The van der Waals surface area contributed by atoms with Gasteiger partial charge in [0.25, 0.3) is 0 Å². The molecule has 4 aromatic rings. The largest absolute Gasteiger partial charge is 0.369 e. The molecule has 0 spiro atoms. The Balaban J connectivity index is 0.000000185. The molecule has 3 heterocycles. The highest BCUT2D eigenvalue weighted by atomic mass is 15.0. The molecular weight excluding hydrogens is 316 g/mol. The highest BCUT2D eigenvalue weighted by Gasteiger charge is 1.94. The normalized spacial score (nSPS) is 8.72. The number of fused-ring (bicyclic) bond motifs is 1. The Kier molecular flexibility index (Phi) is 9.35. The molecule has 0 saturated carbocycles. The summed E-state index contributed by atoms with van der Waals surface area (Å²) in [5.74, 6) is 0.795. The molecule has 0 aliphatic carbocycles. The number of imidazole rings is 1. The van der Waals surface area contributed by atoms with Crippen LogP contribution in [0.3, 0.4) is 0 Å². The standard InChI is InChI=1S/C7H7N3.C5H5N.C4H5N3.CH5N/c8-7-9-5-3-1-2-4-6(5)10-7;1-2-4-6-5-3-1;5-4-6-2-1-3-7-4;1-2/h1-4H,(H3,8,9,10);1-5H;1-3H,(H2,5,6,7);2H2,1H3. The van der Waals surface area contributed by atoms with Crippen molar-refractivity contribution in [2.24, 2.45) is 5.73 Å². The molecule has 4 rings (SSSR count). The molecule has 3 aromatic heterocycles. The first-order valence-corrected chi connectivity index (χ1v) is 7.41. The zero-order valence-electron chi connectivity index (χ0n) is 13.9. The maximum Gasteiger partial charge on any atom is 0.219 e. The van der Waals surface area contributed by atoms with Gasteiger partial charge in [0.2, 0.25) is 5.95 Å². The van der Waals surface area contributed by atoms with E-state index in [2.05, 4.69) is 30.7 Å². The quantitative estimate of drug-likeness (QED) is 0.383. The van der Waals surface area contributed by atoms with E-state index in [4.69, 9.17) is 11.5 Å². The van der Waals surface area contributed by atoms with Gasteiger partial charge in [-0.25, -0.2) is 15.0 Å². The van der Waals surface area contributed by atoms with Crippen molar-refractivity contribution in [3.05, 3.63) is 73.3 Å². The third-order valence-corrected chi connectivity index (χ3v) is 2.56. The summed E-state index contributed by atoms with van der Waals surface area (Å²) < 4.78 is 0. The molecule has 0 unspecified atom stereocenters. The topological polar surface area (TPSA) is 145 Å². The van der Waals surface area contributed by atoms with E-state index < -0.39 is 0 Å². The number of para-hydroxylation sites is 2. The van der Waals surface area contributed by atoms with Gasteiger partial charge in [-0.2, -0.15) is 0 Å². The monoisotopic (exact) mass is 338 g/mol. The minimum atomic E-state index is 0.322. The van der Waals surface area contributed by atoms with Gasteiger partial charge in [-0.05, 0) is 37.4 Å². The number of rotatable bonds is 0. The Morgan fingerprint density at radius 1 is 0.760 bits per heavy atom. The summed E-state index contributed by atoms with van der Waals surface area (Å²) in [6.45, 7) is 0. The highest BCUT2D eigenvalue weighted by molar-refractivity contribution is 5.76. The number of aromatic nitrogens is 5. The second kappa shape index (κ2) is 12.0. The van der Waals surface area contributed by atoms with E-state index in [1.807, 2.05) is 42.5 Å². The fourth-order valence-electron chi connectivity index (χ4n) is 1.60. The van der Waals surface area contributed by atoms with E-state index in [-0.39, 0.29) is 0 Å². The molecule has 0 aliphatic rings. The van der Waals surface area contributed by atoms with Crippen molar-refractivity contribution in [2.75, 3.05) is 18.5 Å². The van der Waals surface area contributed by atoms with Gasteiger partial charge in [0.05, 0.1) is 11.0 Å². The van der Waals surface area contributed by atoms with Gasteiger partial charge < -0.3 is 22.2 Å². The summed E-state index contributed by atoms with van der Waals surface area (Å²) in [5.41, 5.74) is 17.0. The van der Waals surface area contributed by atoms with Gasteiger partial charge in [-0.1, -0.05) is 18.2 Å². The van der Waals surface area contributed by atoms with Crippen LogP contribution in [0.25, 0.3) is 11.0 Å². The van der Waals surface area contributed by atoms with Gasteiger partial charge in [-0.3, -0.25) is 4.98 Å². The van der Waals surface area contributed by atoms with Crippen LogP contribution in [-0.4, -0.2) is 32.0 Å². The van der Waals surface area contributed by atoms with Crippen molar-refractivity contribution in [1.29, 1.82) is 0 Å². The van der Waals surface area contributed by atoms with Crippen molar-refractivity contribution in [2.45, 2.75) is 0 Å². The van der Waals surface area contributed by atoms with Gasteiger partial charge in [0.15, 0.2) is 5.95 Å². The smallest absolute Gasteiger partial charge is 0.219 e. The number of nitrogens with one attached hydrogen (secondary N) is 1.